The van der Waals surface area contributed by atoms with Crippen molar-refractivity contribution < 1.29 is 8.42 Å². The molecule has 0 bridgehead atoms. The van der Waals surface area contributed by atoms with Crippen LogP contribution in [0.25, 0.3) is 0 Å². The molecular weight excluding hydrogens is 355 g/mol. The third-order valence-corrected chi connectivity index (χ3v) is 7.41. The molecule has 0 N–H and O–H groups in total. The maximum Gasteiger partial charge on any atom is 0.282 e. The number of rotatable bonds is 5. The molecule has 0 aliphatic heterocycles. The second-order valence-corrected chi connectivity index (χ2v) is 9.07. The van der Waals surface area contributed by atoms with Gasteiger partial charge in [-0.3, -0.25) is 0 Å². The number of nitrogens with zero attached hydrogens (tertiary/aromatic N) is 2. The van der Waals surface area contributed by atoms with Crippen molar-refractivity contribution in [3.05, 3.63) is 33.8 Å². The summed E-state index contributed by atoms with van der Waals surface area (Å²) >= 11 is 12.1. The Morgan fingerprint density at radius 1 is 1.13 bits per heavy atom. The summed E-state index contributed by atoms with van der Waals surface area (Å²) in [6.45, 7) is 1.83. The largest absolute Gasteiger partial charge is 0.282 e. The lowest BCUT2D eigenvalue weighted by Gasteiger charge is -2.35. The van der Waals surface area contributed by atoms with Crippen molar-refractivity contribution in [1.29, 1.82) is 0 Å². The Bertz CT molecular complexity index is 645. The minimum absolute atomic E-state index is 0.0871. The van der Waals surface area contributed by atoms with Gasteiger partial charge in [-0.2, -0.15) is 17.0 Å². The summed E-state index contributed by atoms with van der Waals surface area (Å²) in [6.07, 6.45) is 5.23. The molecule has 0 spiro atoms. The number of hydrogen-bond acceptors (Lipinski definition) is 2. The van der Waals surface area contributed by atoms with Gasteiger partial charge < -0.3 is 0 Å². The summed E-state index contributed by atoms with van der Waals surface area (Å²) in [4.78, 5) is 0. The normalized spacial score (nSPS) is 18.6. The molecule has 1 saturated carbocycles. The average molecular weight is 379 g/mol. The number of halogens is 2. The second-order valence-electron chi connectivity index (χ2n) is 6.17. The van der Waals surface area contributed by atoms with E-state index in [1.165, 1.54) is 15.0 Å². The van der Waals surface area contributed by atoms with Gasteiger partial charge in [-0.15, -0.1) is 0 Å². The summed E-state index contributed by atoms with van der Waals surface area (Å²) in [6, 6.07) is 4.87. The molecule has 1 aliphatic rings. The maximum atomic E-state index is 12.9. The van der Waals surface area contributed by atoms with Gasteiger partial charge in [-0.1, -0.05) is 48.5 Å². The fraction of sp³-hybridized carbons (Fsp3) is 0.625. The molecule has 1 fully saturated rings. The number of hydrogen-bond donors (Lipinski definition) is 0. The minimum atomic E-state index is -3.54. The van der Waals surface area contributed by atoms with E-state index in [0.717, 1.165) is 31.2 Å². The Morgan fingerprint density at radius 3 is 2.30 bits per heavy atom. The van der Waals surface area contributed by atoms with Gasteiger partial charge in [-0.25, -0.2) is 0 Å². The lowest BCUT2D eigenvalue weighted by Crippen LogP contribution is -2.46. The standard InChI is InChI=1S/C16H24Cl2N2O2S/c1-12(15-10-9-13(17)11-16(15)18)19(2)23(21,22)20(3)14-7-5-4-6-8-14/h9-12,14H,4-8H2,1-3H3. The molecular formula is C16H24Cl2N2O2S. The van der Waals surface area contributed by atoms with Crippen molar-refractivity contribution in [1.82, 2.24) is 8.61 Å². The number of benzene rings is 1. The summed E-state index contributed by atoms with van der Waals surface area (Å²) in [7, 11) is -0.258. The van der Waals surface area contributed by atoms with E-state index in [1.54, 1.807) is 32.3 Å². The van der Waals surface area contributed by atoms with E-state index >= 15 is 0 Å². The van der Waals surface area contributed by atoms with Crippen LogP contribution in [0.3, 0.4) is 0 Å². The van der Waals surface area contributed by atoms with E-state index in [0.29, 0.717) is 10.0 Å². The van der Waals surface area contributed by atoms with Crippen LogP contribution in [0, 0.1) is 0 Å². The van der Waals surface area contributed by atoms with Crippen LogP contribution >= 0.6 is 23.2 Å². The Morgan fingerprint density at radius 2 is 1.74 bits per heavy atom. The van der Waals surface area contributed by atoms with Crippen LogP contribution in [-0.2, 0) is 10.2 Å². The van der Waals surface area contributed by atoms with Gasteiger partial charge in [0.25, 0.3) is 10.2 Å². The molecule has 23 heavy (non-hydrogen) atoms. The molecule has 7 heteroatoms. The predicted molar refractivity (Wildman–Crippen MR) is 96.2 cm³/mol. The summed E-state index contributed by atoms with van der Waals surface area (Å²) in [5.41, 5.74) is 0.749. The Balaban J connectivity index is 2.20. The van der Waals surface area contributed by atoms with Crippen molar-refractivity contribution in [2.75, 3.05) is 14.1 Å². The zero-order valence-corrected chi connectivity index (χ0v) is 16.1. The van der Waals surface area contributed by atoms with Gasteiger partial charge in [-0.05, 0) is 37.5 Å². The smallest absolute Gasteiger partial charge is 0.195 e. The Kier molecular flexibility index (Phi) is 6.36. The van der Waals surface area contributed by atoms with Crippen molar-refractivity contribution in [2.45, 2.75) is 51.1 Å². The van der Waals surface area contributed by atoms with Gasteiger partial charge >= 0.3 is 0 Å². The van der Waals surface area contributed by atoms with Gasteiger partial charge in [0.05, 0.1) is 0 Å². The highest BCUT2D eigenvalue weighted by Crippen LogP contribution is 2.32. The van der Waals surface area contributed by atoms with Crippen LogP contribution in [0.1, 0.15) is 50.6 Å². The van der Waals surface area contributed by atoms with Crippen molar-refractivity contribution in [3.8, 4) is 0 Å². The molecule has 0 amide bonds. The van der Waals surface area contributed by atoms with Crippen molar-refractivity contribution in [3.63, 3.8) is 0 Å². The molecule has 4 nitrogen and oxygen atoms in total. The molecule has 1 aromatic carbocycles. The quantitative estimate of drug-likeness (QED) is 0.756. The molecule has 1 atom stereocenters. The molecule has 130 valence electrons. The zero-order chi connectivity index (χ0) is 17.2. The molecule has 1 aromatic rings. The monoisotopic (exact) mass is 378 g/mol. The van der Waals surface area contributed by atoms with E-state index in [4.69, 9.17) is 23.2 Å². The van der Waals surface area contributed by atoms with E-state index in [-0.39, 0.29) is 12.1 Å². The highest BCUT2D eigenvalue weighted by atomic mass is 35.5. The van der Waals surface area contributed by atoms with E-state index < -0.39 is 10.2 Å². The first-order valence-corrected chi connectivity index (χ1v) is 10.1. The average Bonchev–Trinajstić information content (AvgIpc) is 2.53. The van der Waals surface area contributed by atoms with Crippen LogP contribution in [0.4, 0.5) is 0 Å². The zero-order valence-electron chi connectivity index (χ0n) is 13.8. The predicted octanol–water partition coefficient (Wildman–Crippen LogP) is 4.50. The van der Waals surface area contributed by atoms with E-state index in [9.17, 15) is 8.42 Å². The Labute approximate surface area is 149 Å². The van der Waals surface area contributed by atoms with Gasteiger partial charge in [0.2, 0.25) is 0 Å². The fourth-order valence-corrected chi connectivity index (χ4v) is 5.15. The first-order chi connectivity index (χ1) is 10.7. The molecule has 0 heterocycles. The van der Waals surface area contributed by atoms with Crippen molar-refractivity contribution in [2.24, 2.45) is 0 Å². The van der Waals surface area contributed by atoms with Gasteiger partial charge in [0.1, 0.15) is 0 Å². The maximum absolute atomic E-state index is 12.9. The molecule has 2 rings (SSSR count). The first-order valence-electron chi connectivity index (χ1n) is 7.91. The molecule has 0 saturated heterocycles. The van der Waals surface area contributed by atoms with E-state index in [1.807, 2.05) is 6.92 Å². The summed E-state index contributed by atoms with van der Waals surface area (Å²) in [5.74, 6) is 0. The van der Waals surface area contributed by atoms with Crippen molar-refractivity contribution >= 4 is 33.4 Å². The third-order valence-electron chi connectivity index (χ3n) is 4.77. The SMILES string of the molecule is CC(c1ccc(Cl)cc1Cl)N(C)S(=O)(=O)N(C)C1CCCCC1. The summed E-state index contributed by atoms with van der Waals surface area (Å²) < 4.78 is 28.7. The lowest BCUT2D eigenvalue weighted by atomic mass is 9.96. The molecule has 0 aromatic heterocycles. The molecule has 0 radical (unpaired) electrons. The minimum Gasteiger partial charge on any atom is -0.195 e. The second kappa shape index (κ2) is 7.70. The third kappa shape index (κ3) is 4.20. The van der Waals surface area contributed by atoms with Gasteiger partial charge in [0, 0.05) is 36.2 Å². The molecule has 1 aliphatic carbocycles. The first kappa shape index (κ1) is 19.0. The highest BCUT2D eigenvalue weighted by molar-refractivity contribution is 7.86. The molecule has 1 unspecified atom stereocenters. The van der Waals surface area contributed by atoms with Crippen LogP contribution in [0.2, 0.25) is 10.0 Å². The van der Waals surface area contributed by atoms with E-state index in [2.05, 4.69) is 0 Å². The van der Waals surface area contributed by atoms with Crippen LogP contribution in [0.15, 0.2) is 18.2 Å². The summed E-state index contributed by atoms with van der Waals surface area (Å²) in [5, 5.41) is 1.02. The van der Waals surface area contributed by atoms with Crippen LogP contribution in [0.5, 0.6) is 0 Å². The Hall–Kier alpha value is -0.330. The van der Waals surface area contributed by atoms with Crippen LogP contribution < -0.4 is 0 Å². The highest BCUT2D eigenvalue weighted by Gasteiger charge is 2.33. The lowest BCUT2D eigenvalue weighted by molar-refractivity contribution is 0.260. The van der Waals surface area contributed by atoms with Crippen LogP contribution in [-0.4, -0.2) is 37.2 Å². The topological polar surface area (TPSA) is 40.6 Å². The van der Waals surface area contributed by atoms with Gasteiger partial charge in [0.15, 0.2) is 0 Å². The fourth-order valence-electron chi connectivity index (χ4n) is 3.07.